The predicted molar refractivity (Wildman–Crippen MR) is 91.4 cm³/mol. The summed E-state index contributed by atoms with van der Waals surface area (Å²) in [6.07, 6.45) is 2.43. The van der Waals surface area contributed by atoms with Crippen molar-refractivity contribution < 1.29 is 11.0 Å². The van der Waals surface area contributed by atoms with E-state index in [1.165, 1.54) is 10.9 Å². The second-order valence-electron chi connectivity index (χ2n) is 5.28. The number of benzene rings is 1. The smallest absolute Gasteiger partial charge is 0.328 e. The van der Waals surface area contributed by atoms with Crippen LogP contribution in [0, 0.1) is 13.8 Å². The largest absolute Gasteiger partial charge is 0.350 e. The third-order valence-electron chi connectivity index (χ3n) is 3.92. The number of hydrogen-bond acceptors (Lipinski definition) is 2. The quantitative estimate of drug-likeness (QED) is 0.876. The first-order valence-electron chi connectivity index (χ1n) is 7.65. The van der Waals surface area contributed by atoms with Crippen LogP contribution in [0.2, 0.25) is 0 Å². The molecule has 0 aliphatic carbocycles. The minimum Gasteiger partial charge on any atom is -0.350 e. The summed E-state index contributed by atoms with van der Waals surface area (Å²) in [5.74, 6) is -0.208. The number of aryl methyl sites for hydroxylation is 3. The Morgan fingerprint density at radius 3 is 2.50 bits per heavy atom. The van der Waals surface area contributed by atoms with Gasteiger partial charge in [0, 0.05) is 44.2 Å². The Morgan fingerprint density at radius 2 is 1.86 bits per heavy atom. The van der Waals surface area contributed by atoms with Gasteiger partial charge in [-0.25, -0.2) is 4.79 Å². The van der Waals surface area contributed by atoms with Crippen molar-refractivity contribution in [2.75, 3.05) is 11.4 Å². The van der Waals surface area contributed by atoms with E-state index >= 15 is 0 Å². The lowest BCUT2D eigenvalue weighted by molar-refractivity contribution is -0.120. The number of aromatic nitrogens is 1. The van der Waals surface area contributed by atoms with Crippen molar-refractivity contribution in [2.45, 2.75) is 34.1 Å². The highest BCUT2D eigenvalue weighted by Crippen LogP contribution is 2.32. The normalized spacial score (nSPS) is 14.7. The van der Waals surface area contributed by atoms with Crippen molar-refractivity contribution in [1.82, 2.24) is 9.88 Å². The van der Waals surface area contributed by atoms with Crippen LogP contribution < -0.4 is 10.2 Å². The molecule has 1 aliphatic rings. The lowest BCUT2D eigenvalue weighted by Gasteiger charge is -2.28. The molecule has 0 radical (unpaired) electrons. The average molecular weight is 303 g/mol. The van der Waals surface area contributed by atoms with Crippen molar-refractivity contribution in [3.63, 3.8) is 0 Å². The highest BCUT2D eigenvalue weighted by molar-refractivity contribution is 6.07. The molecular formula is C17H25N3O2. The maximum absolute atomic E-state index is 12.0. The van der Waals surface area contributed by atoms with Gasteiger partial charge in [-0.3, -0.25) is 15.0 Å². The number of nitrogens with one attached hydrogen (secondary N) is 1. The van der Waals surface area contributed by atoms with E-state index in [4.69, 9.17) is 0 Å². The molecule has 5 heteroatoms. The first-order chi connectivity index (χ1) is 10.5. The van der Waals surface area contributed by atoms with Gasteiger partial charge >= 0.3 is 6.03 Å². The van der Waals surface area contributed by atoms with Gasteiger partial charge in [0.2, 0.25) is 5.91 Å². The maximum atomic E-state index is 12.0. The van der Waals surface area contributed by atoms with Crippen LogP contribution in [0.1, 0.15) is 32.8 Å². The Hall–Kier alpha value is -2.30. The zero-order valence-corrected chi connectivity index (χ0v) is 13.9. The summed E-state index contributed by atoms with van der Waals surface area (Å²) in [7, 11) is 2.01. The number of carbonyl (C=O) groups is 2. The summed E-state index contributed by atoms with van der Waals surface area (Å²) in [5.41, 5.74) is 4.29. The average Bonchev–Trinajstić information content (AvgIpc) is 2.78. The molecule has 1 aliphatic heterocycles. The first-order valence-corrected chi connectivity index (χ1v) is 7.65. The molecule has 2 aromatic rings. The fourth-order valence-corrected chi connectivity index (χ4v) is 2.99. The number of amides is 3. The Bertz CT molecular complexity index is 737. The second-order valence-corrected chi connectivity index (χ2v) is 5.28. The summed E-state index contributed by atoms with van der Waals surface area (Å²) < 4.78 is 2.08. The van der Waals surface area contributed by atoms with Gasteiger partial charge in [0.25, 0.3) is 0 Å². The van der Waals surface area contributed by atoms with E-state index in [2.05, 4.69) is 23.0 Å². The van der Waals surface area contributed by atoms with Crippen LogP contribution in [-0.4, -0.2) is 23.1 Å². The van der Waals surface area contributed by atoms with E-state index < -0.39 is 0 Å². The lowest BCUT2D eigenvalue weighted by atomic mass is 10.0. The highest BCUT2D eigenvalue weighted by Gasteiger charge is 2.26. The summed E-state index contributed by atoms with van der Waals surface area (Å²) in [6, 6.07) is 3.64. The van der Waals surface area contributed by atoms with Crippen molar-refractivity contribution in [1.29, 1.82) is 0 Å². The molecule has 2 heterocycles. The molecule has 1 aromatic carbocycles. The number of carbonyl (C=O) groups excluding carboxylic acids is 2. The van der Waals surface area contributed by atoms with Crippen molar-refractivity contribution in [3.8, 4) is 0 Å². The van der Waals surface area contributed by atoms with Gasteiger partial charge in [-0.2, -0.15) is 0 Å². The highest BCUT2D eigenvalue weighted by atomic mass is 16.2. The van der Waals surface area contributed by atoms with Crippen molar-refractivity contribution in [2.24, 2.45) is 7.05 Å². The number of hydrogen-bond donors (Lipinski definition) is 1. The fraction of sp³-hybridized carbons (Fsp3) is 0.412. The number of rotatable bonds is 1. The van der Waals surface area contributed by atoms with Gasteiger partial charge in [0.05, 0.1) is 0 Å². The summed E-state index contributed by atoms with van der Waals surface area (Å²) >= 11 is 0. The predicted octanol–water partition coefficient (Wildman–Crippen LogP) is 3.51. The molecule has 1 aromatic heterocycles. The molecule has 0 bridgehead atoms. The molecule has 1 N–H and O–H groups in total. The molecule has 1 fully saturated rings. The van der Waals surface area contributed by atoms with Gasteiger partial charge in [0.15, 0.2) is 0 Å². The van der Waals surface area contributed by atoms with E-state index in [-0.39, 0.29) is 13.4 Å². The van der Waals surface area contributed by atoms with E-state index in [0.717, 1.165) is 16.8 Å². The van der Waals surface area contributed by atoms with Gasteiger partial charge in [-0.05, 0) is 37.1 Å². The zero-order valence-electron chi connectivity index (χ0n) is 13.9. The van der Waals surface area contributed by atoms with Gasteiger partial charge < -0.3 is 4.57 Å². The molecule has 0 atom stereocenters. The minimum absolute atomic E-state index is 0. The first kappa shape index (κ1) is 16.1. The van der Waals surface area contributed by atoms with E-state index in [9.17, 15) is 9.59 Å². The molecule has 120 valence electrons. The SMILES string of the molecule is CC.Cc1cn(C)c2ccc(N3CCC(=O)NC3=O)c(C)c12.[HH]. The van der Waals surface area contributed by atoms with Gasteiger partial charge in [-0.1, -0.05) is 13.8 Å². The summed E-state index contributed by atoms with van der Waals surface area (Å²) in [6.45, 7) is 8.52. The van der Waals surface area contributed by atoms with E-state index in [1.54, 1.807) is 4.90 Å². The van der Waals surface area contributed by atoms with Crippen LogP contribution in [0.25, 0.3) is 10.9 Å². The zero-order chi connectivity index (χ0) is 16.4. The number of imide groups is 1. The minimum atomic E-state index is -0.336. The summed E-state index contributed by atoms with van der Waals surface area (Å²) in [5, 5.41) is 3.54. The summed E-state index contributed by atoms with van der Waals surface area (Å²) in [4.78, 5) is 24.9. The molecule has 3 amide bonds. The molecule has 0 spiro atoms. The number of urea groups is 1. The molecular weight excluding hydrogens is 278 g/mol. The standard InChI is InChI=1S/C15H17N3O2.C2H6.H2/c1-9-8-17(3)12-5-4-11(10(2)14(9)12)18-7-6-13(19)16-15(18)20;1-2;/h4-5,8H,6-7H2,1-3H3,(H,16,19,20);1-2H3;1H. The van der Waals surface area contributed by atoms with Crippen LogP contribution >= 0.6 is 0 Å². The maximum Gasteiger partial charge on any atom is 0.328 e. The number of anilines is 1. The number of fused-ring (bicyclic) bond motifs is 1. The van der Waals surface area contributed by atoms with Crippen LogP contribution in [-0.2, 0) is 11.8 Å². The van der Waals surface area contributed by atoms with Crippen LogP contribution in [0.3, 0.4) is 0 Å². The Morgan fingerprint density at radius 1 is 1.18 bits per heavy atom. The molecule has 22 heavy (non-hydrogen) atoms. The molecule has 1 saturated heterocycles. The van der Waals surface area contributed by atoms with E-state index in [1.807, 2.05) is 40.0 Å². The molecule has 0 unspecified atom stereocenters. The Kier molecular flexibility index (Phi) is 4.54. The molecule has 5 nitrogen and oxygen atoms in total. The molecule has 0 saturated carbocycles. The fourth-order valence-electron chi connectivity index (χ4n) is 2.99. The van der Waals surface area contributed by atoms with Crippen LogP contribution in [0.15, 0.2) is 18.3 Å². The third-order valence-corrected chi connectivity index (χ3v) is 3.92. The van der Waals surface area contributed by atoms with Crippen molar-refractivity contribution >= 4 is 28.5 Å². The Balaban J connectivity index is 0.000000849. The van der Waals surface area contributed by atoms with Crippen molar-refractivity contribution in [3.05, 3.63) is 29.5 Å². The monoisotopic (exact) mass is 303 g/mol. The number of nitrogens with zero attached hydrogens (tertiary/aromatic N) is 2. The molecule has 3 rings (SSSR count). The lowest BCUT2D eigenvalue weighted by Crippen LogP contribution is -2.49. The second kappa shape index (κ2) is 6.22. The van der Waals surface area contributed by atoms with Crippen LogP contribution in [0.5, 0.6) is 0 Å². The van der Waals surface area contributed by atoms with E-state index in [0.29, 0.717) is 13.0 Å². The van der Waals surface area contributed by atoms with Gasteiger partial charge in [0.1, 0.15) is 0 Å². The topological polar surface area (TPSA) is 54.3 Å². The van der Waals surface area contributed by atoms with Gasteiger partial charge in [-0.15, -0.1) is 0 Å². The Labute approximate surface area is 132 Å². The van der Waals surface area contributed by atoms with Crippen LogP contribution in [0.4, 0.5) is 10.5 Å². The third kappa shape index (κ3) is 2.58.